The maximum absolute atomic E-state index is 3.79. The molecule has 5 heteroatoms. The number of hydrogen-bond donors (Lipinski definition) is 0. The Morgan fingerprint density at radius 2 is 0.688 bits per heavy atom. The van der Waals surface area contributed by atoms with E-state index in [0.29, 0.717) is 6.04 Å². The fourth-order valence-corrected chi connectivity index (χ4v) is 23.6. The van der Waals surface area contributed by atoms with Crippen molar-refractivity contribution < 1.29 is 0 Å². The average Bonchev–Trinajstić information content (AvgIpc) is 2.86. The molecule has 32 heavy (non-hydrogen) atoms. The van der Waals surface area contributed by atoms with Crippen molar-refractivity contribution in [2.24, 2.45) is 0 Å². The number of benzene rings is 4. The van der Waals surface area contributed by atoms with E-state index in [1.807, 2.05) is 0 Å². The molecule has 4 aromatic carbocycles. The molecule has 4 aromatic rings. The quantitative estimate of drug-likeness (QED) is 0.217. The molecule has 0 aliphatic rings. The molecule has 0 amide bonds. The van der Waals surface area contributed by atoms with E-state index in [-0.39, 0.29) is 0 Å². The van der Waals surface area contributed by atoms with Gasteiger partial charge in [-0.3, -0.25) is 0 Å². The first-order valence-electron chi connectivity index (χ1n) is 10.7. The van der Waals surface area contributed by atoms with E-state index in [4.69, 9.17) is 0 Å². The fraction of sp³-hybridized carbons (Fsp3) is 0.111. The summed E-state index contributed by atoms with van der Waals surface area (Å²) in [5.41, 5.74) is -4.13. The molecule has 0 spiro atoms. The summed E-state index contributed by atoms with van der Waals surface area (Å²) in [4.78, 5) is 0. The number of rotatable bonds is 7. The molecule has 0 N–H and O–H groups in total. The molecule has 4 rings (SSSR count). The molecule has 0 fully saturated rings. The molecule has 0 bridgehead atoms. The molecule has 0 aliphatic carbocycles. The van der Waals surface area contributed by atoms with Crippen molar-refractivity contribution in [2.45, 2.75) is 19.9 Å². The van der Waals surface area contributed by atoms with Gasteiger partial charge in [0.05, 0.1) is 0 Å². The van der Waals surface area contributed by atoms with Crippen LogP contribution in [0.25, 0.3) is 0 Å². The minimum atomic E-state index is -2.07. The zero-order chi connectivity index (χ0) is 22.6. The minimum absolute atomic E-state index is 0.306. The van der Waals surface area contributed by atoms with Crippen LogP contribution in [0.15, 0.2) is 121 Å². The second-order valence-electron chi connectivity index (χ2n) is 7.91. The van der Waals surface area contributed by atoms with E-state index in [9.17, 15) is 0 Å². The number of nitrogens with zero attached hydrogens (tertiary/aromatic N) is 1. The predicted octanol–water partition coefficient (Wildman–Crippen LogP) is 5.03. The normalized spacial score (nSPS) is 12.2. The van der Waals surface area contributed by atoms with Gasteiger partial charge < -0.3 is 0 Å². The van der Waals surface area contributed by atoms with Crippen LogP contribution in [0.4, 0.5) is 0 Å². The molecule has 162 valence electrons. The van der Waals surface area contributed by atoms with Crippen molar-refractivity contribution in [2.75, 3.05) is 0 Å². The molecule has 0 heterocycles. The van der Waals surface area contributed by atoms with Crippen LogP contribution in [-0.4, -0.2) is 40.7 Å². The van der Waals surface area contributed by atoms with E-state index in [2.05, 4.69) is 170 Å². The summed E-state index contributed by atoms with van der Waals surface area (Å²) >= 11 is 7.59. The summed E-state index contributed by atoms with van der Waals surface area (Å²) in [5.74, 6) is 0. The van der Waals surface area contributed by atoms with E-state index in [1.165, 1.54) is 21.2 Å². The monoisotopic (exact) mass is 587 g/mol. The van der Waals surface area contributed by atoms with Crippen LogP contribution in [-0.2, 0) is 0 Å². The maximum atomic E-state index is 3.79. The molecule has 0 radical (unpaired) electrons. The molecule has 0 aliphatic heterocycles. The fourth-order valence-electron chi connectivity index (χ4n) is 4.12. The van der Waals surface area contributed by atoms with E-state index < -0.39 is 11.3 Å². The molecule has 0 aromatic heterocycles. The summed E-state index contributed by atoms with van der Waals surface area (Å²) in [6.07, 6.45) is 0. The van der Waals surface area contributed by atoms with Gasteiger partial charge in [-0.1, -0.05) is 0 Å². The van der Waals surface area contributed by atoms with Crippen molar-refractivity contribution in [3.63, 3.8) is 0 Å². The van der Waals surface area contributed by atoms with Crippen molar-refractivity contribution in [3.05, 3.63) is 121 Å². The third-order valence-corrected chi connectivity index (χ3v) is 22.3. The Balaban J connectivity index is 2.09. The Morgan fingerprint density at radius 3 is 0.875 bits per heavy atom. The Labute approximate surface area is 207 Å². The van der Waals surface area contributed by atoms with Gasteiger partial charge in [-0.2, -0.15) is 0 Å². The van der Waals surface area contributed by atoms with Gasteiger partial charge in [0.1, 0.15) is 0 Å². The summed E-state index contributed by atoms with van der Waals surface area (Å²) in [6.45, 7) is 4.66. The summed E-state index contributed by atoms with van der Waals surface area (Å²) in [7, 11) is 0. The van der Waals surface area contributed by atoms with Gasteiger partial charge in [0.2, 0.25) is 0 Å². The summed E-state index contributed by atoms with van der Waals surface area (Å²) in [5, 5.41) is 5.41. The molecule has 0 atom stereocenters. The van der Waals surface area contributed by atoms with Gasteiger partial charge in [-0.15, -0.1) is 0 Å². The standard InChI is InChI=1S/C27H27NP2Se2/c1-23(2)28(29(31,24-15-7-3-8-16-24)25-17-9-4-10-18-25)30(32,26-19-11-5-12-20-26)27-21-13-6-14-22-27/h3-23H,1-2H3. The van der Waals surface area contributed by atoms with Gasteiger partial charge in [0, 0.05) is 0 Å². The molecule has 0 unspecified atom stereocenters. The van der Waals surface area contributed by atoms with Crippen LogP contribution >= 0.6 is 11.3 Å². The summed E-state index contributed by atoms with van der Waals surface area (Å²) in [6, 6.07) is 44.3. The molecule has 1 nitrogen and oxygen atoms in total. The molecular weight excluding hydrogens is 558 g/mol. The van der Waals surface area contributed by atoms with Crippen molar-refractivity contribution in [3.8, 4) is 0 Å². The average molecular weight is 585 g/mol. The third-order valence-electron chi connectivity index (χ3n) is 5.46. The van der Waals surface area contributed by atoms with E-state index in [0.717, 1.165) is 0 Å². The number of hydrogen-bond acceptors (Lipinski definition) is 1. The SMILES string of the molecule is CC(C)N(P(=[Se])(c1ccccc1)c1ccccc1)P(=[Se])(c1ccccc1)c1ccccc1. The van der Waals surface area contributed by atoms with E-state index >= 15 is 0 Å². The zero-order valence-electron chi connectivity index (χ0n) is 18.3. The Morgan fingerprint density at radius 1 is 0.469 bits per heavy atom. The second kappa shape index (κ2) is 10.3. The van der Waals surface area contributed by atoms with Gasteiger partial charge in [-0.05, 0) is 0 Å². The first-order chi connectivity index (χ1) is 15.5. The van der Waals surface area contributed by atoms with Crippen LogP contribution in [0.5, 0.6) is 0 Å². The zero-order valence-corrected chi connectivity index (χ0v) is 23.5. The Bertz CT molecular complexity index is 1060. The molecular formula is C27H27NP2Se2. The first-order valence-corrected chi connectivity index (χ1v) is 18.6. The van der Waals surface area contributed by atoms with Crippen LogP contribution < -0.4 is 21.2 Å². The molecule has 0 saturated carbocycles. The van der Waals surface area contributed by atoms with E-state index in [1.54, 1.807) is 0 Å². The van der Waals surface area contributed by atoms with Gasteiger partial charge in [-0.25, -0.2) is 0 Å². The topological polar surface area (TPSA) is 3.24 Å². The van der Waals surface area contributed by atoms with Crippen LogP contribution in [0.3, 0.4) is 0 Å². The molecule has 0 saturated heterocycles. The van der Waals surface area contributed by atoms with Crippen LogP contribution in [0.1, 0.15) is 13.8 Å². The first kappa shape index (κ1) is 23.9. The van der Waals surface area contributed by atoms with Gasteiger partial charge in [0.25, 0.3) is 0 Å². The van der Waals surface area contributed by atoms with Crippen molar-refractivity contribution >= 4 is 62.7 Å². The van der Waals surface area contributed by atoms with Crippen molar-refractivity contribution in [1.29, 1.82) is 0 Å². The Kier molecular flexibility index (Phi) is 7.72. The Hall–Kier alpha value is -1.26. The predicted molar refractivity (Wildman–Crippen MR) is 147 cm³/mol. The second-order valence-corrected chi connectivity index (χ2v) is 20.1. The van der Waals surface area contributed by atoms with Gasteiger partial charge in [0.15, 0.2) is 0 Å². The van der Waals surface area contributed by atoms with Crippen LogP contribution in [0, 0.1) is 0 Å². The van der Waals surface area contributed by atoms with Gasteiger partial charge >= 0.3 is 208 Å². The summed E-state index contributed by atoms with van der Waals surface area (Å²) < 4.78 is 2.80. The van der Waals surface area contributed by atoms with Crippen LogP contribution in [0.2, 0.25) is 0 Å². The third kappa shape index (κ3) is 4.42. The van der Waals surface area contributed by atoms with Crippen molar-refractivity contribution in [1.82, 2.24) is 4.44 Å².